The zero-order valence-corrected chi connectivity index (χ0v) is 26.7. The highest BCUT2D eigenvalue weighted by Crippen LogP contribution is 2.42. The lowest BCUT2D eigenvalue weighted by molar-refractivity contribution is 1.17. The Labute approximate surface area is 287 Å². The molecule has 0 saturated carbocycles. The highest BCUT2D eigenvalue weighted by atomic mass is 15.0. The predicted molar refractivity (Wildman–Crippen MR) is 200 cm³/mol. The van der Waals surface area contributed by atoms with E-state index in [1.165, 1.54) is 10.8 Å². The van der Waals surface area contributed by atoms with Crippen molar-refractivity contribution in [2.45, 2.75) is 0 Å². The maximum absolute atomic E-state index is 10.6. The number of hydrogen-bond donors (Lipinski definition) is 0. The number of benzene rings is 7. The largest absolute Gasteiger partial charge is 0.309 e. The van der Waals surface area contributed by atoms with Crippen LogP contribution in [0.15, 0.2) is 152 Å². The second-order valence-electron chi connectivity index (χ2n) is 12.3. The summed E-state index contributed by atoms with van der Waals surface area (Å²) >= 11 is 0. The third-order valence-electron chi connectivity index (χ3n) is 9.63. The Balaban J connectivity index is 1.32. The first-order valence-electron chi connectivity index (χ1n) is 16.3. The van der Waals surface area contributed by atoms with Gasteiger partial charge in [-0.25, -0.2) is 0 Å². The van der Waals surface area contributed by atoms with Crippen molar-refractivity contribution in [3.8, 4) is 51.8 Å². The molecular formula is C45H25N5. The lowest BCUT2D eigenvalue weighted by Crippen LogP contribution is -2.01. The van der Waals surface area contributed by atoms with Gasteiger partial charge in [-0.1, -0.05) is 91.0 Å². The van der Waals surface area contributed by atoms with Crippen LogP contribution in [-0.4, -0.2) is 9.13 Å². The van der Waals surface area contributed by atoms with Crippen molar-refractivity contribution < 1.29 is 0 Å². The molecular weight excluding hydrogens is 611 g/mol. The molecule has 9 rings (SSSR count). The summed E-state index contributed by atoms with van der Waals surface area (Å²) in [5.41, 5.74) is 10.9. The molecule has 230 valence electrons. The zero-order chi connectivity index (χ0) is 33.8. The van der Waals surface area contributed by atoms with Crippen molar-refractivity contribution in [1.29, 1.82) is 15.8 Å². The molecule has 0 aliphatic heterocycles. The maximum Gasteiger partial charge on any atom is 0.101 e. The number of rotatable bonds is 4. The molecule has 5 heteroatoms. The van der Waals surface area contributed by atoms with E-state index in [-0.39, 0.29) is 0 Å². The van der Waals surface area contributed by atoms with Gasteiger partial charge in [0.05, 0.1) is 56.6 Å². The monoisotopic (exact) mass is 635 g/mol. The normalized spacial score (nSPS) is 11.1. The van der Waals surface area contributed by atoms with Gasteiger partial charge in [0.2, 0.25) is 0 Å². The Morgan fingerprint density at radius 1 is 0.420 bits per heavy atom. The minimum atomic E-state index is 0.527. The Morgan fingerprint density at radius 3 is 1.80 bits per heavy atom. The van der Waals surface area contributed by atoms with Gasteiger partial charge in [-0.15, -0.1) is 0 Å². The number of fused-ring (bicyclic) bond motifs is 6. The second kappa shape index (κ2) is 11.4. The van der Waals surface area contributed by atoms with Crippen LogP contribution >= 0.6 is 0 Å². The molecule has 5 nitrogen and oxygen atoms in total. The van der Waals surface area contributed by atoms with Gasteiger partial charge in [-0.05, 0) is 71.8 Å². The third-order valence-corrected chi connectivity index (χ3v) is 9.63. The predicted octanol–water partition coefficient (Wildman–Crippen LogP) is 10.8. The van der Waals surface area contributed by atoms with Gasteiger partial charge in [0.15, 0.2) is 0 Å². The summed E-state index contributed by atoms with van der Waals surface area (Å²) in [4.78, 5) is 0. The molecule has 7 aromatic carbocycles. The first kappa shape index (κ1) is 28.8. The van der Waals surface area contributed by atoms with Gasteiger partial charge in [-0.3, -0.25) is 0 Å². The fraction of sp³-hybridized carbons (Fsp3) is 0. The van der Waals surface area contributed by atoms with Crippen molar-refractivity contribution in [3.05, 3.63) is 168 Å². The molecule has 0 amide bonds. The molecule has 0 aliphatic carbocycles. The molecule has 0 aliphatic rings. The van der Waals surface area contributed by atoms with E-state index < -0.39 is 0 Å². The standard InChI is InChI=1S/C45H25N5/c46-26-29-22-23-43-39(24-29)37-18-9-12-32(28-48)45(37)50(43)42-21-6-3-16-38(42)44-31(27-47)11-8-17-34(44)30-10-7-13-33(25-30)49-40-19-4-1-14-35(40)36-15-2-5-20-41(36)49/h1-25H. The van der Waals surface area contributed by atoms with Crippen LogP contribution in [-0.2, 0) is 0 Å². The van der Waals surface area contributed by atoms with Crippen LogP contribution in [0.3, 0.4) is 0 Å². The Kier molecular flexibility index (Phi) is 6.56. The van der Waals surface area contributed by atoms with Gasteiger partial charge in [0.25, 0.3) is 0 Å². The zero-order valence-electron chi connectivity index (χ0n) is 26.7. The summed E-state index contributed by atoms with van der Waals surface area (Å²) in [5.74, 6) is 0. The first-order chi connectivity index (χ1) is 24.7. The van der Waals surface area contributed by atoms with Crippen LogP contribution in [0.1, 0.15) is 16.7 Å². The number of hydrogen-bond acceptors (Lipinski definition) is 3. The van der Waals surface area contributed by atoms with Gasteiger partial charge < -0.3 is 9.13 Å². The molecule has 0 saturated heterocycles. The molecule has 0 spiro atoms. The van der Waals surface area contributed by atoms with Gasteiger partial charge >= 0.3 is 0 Å². The van der Waals surface area contributed by atoms with E-state index >= 15 is 0 Å². The fourth-order valence-electron chi connectivity index (χ4n) is 7.55. The molecule has 0 unspecified atom stereocenters. The molecule has 0 fully saturated rings. The molecule has 50 heavy (non-hydrogen) atoms. The van der Waals surface area contributed by atoms with Crippen molar-refractivity contribution in [2.75, 3.05) is 0 Å². The molecule has 0 N–H and O–H groups in total. The number of nitrogens with zero attached hydrogens (tertiary/aromatic N) is 5. The third kappa shape index (κ3) is 4.24. The minimum absolute atomic E-state index is 0.527. The molecule has 9 aromatic rings. The van der Waals surface area contributed by atoms with Crippen LogP contribution in [0.2, 0.25) is 0 Å². The first-order valence-corrected chi connectivity index (χ1v) is 16.3. The molecule has 0 bridgehead atoms. The topological polar surface area (TPSA) is 81.2 Å². The number of aromatic nitrogens is 2. The summed E-state index contributed by atoms with van der Waals surface area (Å²) < 4.78 is 4.40. The van der Waals surface area contributed by atoms with Crippen molar-refractivity contribution in [1.82, 2.24) is 9.13 Å². The van der Waals surface area contributed by atoms with E-state index in [1.807, 2.05) is 66.7 Å². The average molecular weight is 636 g/mol. The van der Waals surface area contributed by atoms with Crippen LogP contribution in [0, 0.1) is 34.0 Å². The van der Waals surface area contributed by atoms with E-state index in [0.717, 1.165) is 66.5 Å². The Morgan fingerprint density at radius 2 is 1.04 bits per heavy atom. The van der Waals surface area contributed by atoms with E-state index in [2.05, 4.69) is 106 Å². The van der Waals surface area contributed by atoms with Crippen molar-refractivity contribution in [2.24, 2.45) is 0 Å². The minimum Gasteiger partial charge on any atom is -0.309 e. The smallest absolute Gasteiger partial charge is 0.101 e. The quantitative estimate of drug-likeness (QED) is 0.193. The fourth-order valence-corrected chi connectivity index (χ4v) is 7.55. The van der Waals surface area contributed by atoms with E-state index in [4.69, 9.17) is 0 Å². The van der Waals surface area contributed by atoms with Crippen molar-refractivity contribution >= 4 is 43.6 Å². The van der Waals surface area contributed by atoms with Crippen LogP contribution in [0.5, 0.6) is 0 Å². The van der Waals surface area contributed by atoms with Crippen LogP contribution < -0.4 is 0 Å². The van der Waals surface area contributed by atoms with Crippen LogP contribution in [0.25, 0.3) is 77.2 Å². The van der Waals surface area contributed by atoms with Gasteiger partial charge in [0, 0.05) is 38.4 Å². The highest BCUT2D eigenvalue weighted by molar-refractivity contribution is 6.12. The molecule has 0 atom stereocenters. The highest BCUT2D eigenvalue weighted by Gasteiger charge is 2.22. The molecule has 0 radical (unpaired) electrons. The lowest BCUT2D eigenvalue weighted by Gasteiger charge is -2.19. The van der Waals surface area contributed by atoms with Gasteiger partial charge in [-0.2, -0.15) is 15.8 Å². The summed E-state index contributed by atoms with van der Waals surface area (Å²) in [6, 6.07) is 57.8. The van der Waals surface area contributed by atoms with E-state index in [9.17, 15) is 15.8 Å². The second-order valence-corrected chi connectivity index (χ2v) is 12.3. The van der Waals surface area contributed by atoms with Gasteiger partial charge in [0.1, 0.15) is 6.07 Å². The van der Waals surface area contributed by atoms with E-state index in [0.29, 0.717) is 16.7 Å². The maximum atomic E-state index is 10.6. The van der Waals surface area contributed by atoms with E-state index in [1.54, 1.807) is 6.07 Å². The summed E-state index contributed by atoms with van der Waals surface area (Å²) in [7, 11) is 0. The number of para-hydroxylation sites is 4. The number of nitriles is 3. The Bertz CT molecular complexity index is 2920. The summed E-state index contributed by atoms with van der Waals surface area (Å²) in [6.07, 6.45) is 0. The SMILES string of the molecule is N#Cc1ccc2c(c1)c1cccc(C#N)c1n2-c1ccccc1-c1c(C#N)cccc1-c1cccc(-n2c3ccccc3c3ccccc32)c1. The summed E-state index contributed by atoms with van der Waals surface area (Å²) in [5, 5.41) is 34.7. The summed E-state index contributed by atoms with van der Waals surface area (Å²) in [6.45, 7) is 0. The lowest BCUT2D eigenvalue weighted by atomic mass is 9.89. The molecule has 2 heterocycles. The van der Waals surface area contributed by atoms with Crippen molar-refractivity contribution in [3.63, 3.8) is 0 Å². The molecule has 2 aromatic heterocycles. The Hall–Kier alpha value is -7.39. The average Bonchev–Trinajstić information content (AvgIpc) is 3.70. The van der Waals surface area contributed by atoms with Crippen LogP contribution in [0.4, 0.5) is 0 Å².